The van der Waals surface area contributed by atoms with Crippen LogP contribution in [0.2, 0.25) is 0 Å². The summed E-state index contributed by atoms with van der Waals surface area (Å²) in [6.45, 7) is 1.84. The zero-order valence-electron chi connectivity index (χ0n) is 24.5. The highest BCUT2D eigenvalue weighted by atomic mass is 19.4. The number of allylic oxidation sites excluding steroid dienone is 4. The van der Waals surface area contributed by atoms with Gasteiger partial charge in [-0.3, -0.25) is 9.59 Å². The lowest BCUT2D eigenvalue weighted by atomic mass is 9.50. The highest BCUT2D eigenvalue weighted by Gasteiger charge is 2.79. The van der Waals surface area contributed by atoms with E-state index in [4.69, 9.17) is 0 Å². The van der Waals surface area contributed by atoms with Gasteiger partial charge in [-0.1, -0.05) is 55.0 Å². The molecule has 0 heterocycles. The second-order valence-corrected chi connectivity index (χ2v) is 13.1. The lowest BCUT2D eigenvalue weighted by Crippen LogP contribution is -2.65. The molecule has 0 aliphatic heterocycles. The van der Waals surface area contributed by atoms with E-state index in [1.54, 1.807) is 30.3 Å². The number of hydrogen-bond donors (Lipinski definition) is 2. The van der Waals surface area contributed by atoms with Crippen LogP contribution < -0.4 is 5.32 Å². The van der Waals surface area contributed by atoms with Gasteiger partial charge in [0.25, 0.3) is 5.91 Å². The van der Waals surface area contributed by atoms with Crippen molar-refractivity contribution in [2.45, 2.75) is 81.9 Å². The summed E-state index contributed by atoms with van der Waals surface area (Å²) in [7, 11) is 0. The molecule has 0 saturated heterocycles. The first-order valence-corrected chi connectivity index (χ1v) is 15.3. The molecule has 1 amide bonds. The number of nitrogens with one attached hydrogen (secondary N) is 1. The molecule has 2 aromatic rings. The number of carbonyl (C=O) groups excluding carboxylic acids is 2. The average Bonchev–Trinajstić information content (AvgIpc) is 3.27. The van der Waals surface area contributed by atoms with Crippen molar-refractivity contribution in [2.24, 2.45) is 17.3 Å². The number of benzene rings is 2. The summed E-state index contributed by atoms with van der Waals surface area (Å²) in [6, 6.07) is 16.5. The first-order valence-electron chi connectivity index (χ1n) is 15.3. The number of fused-ring (bicyclic) bond motifs is 4. The molecule has 44 heavy (non-hydrogen) atoms. The highest BCUT2D eigenvalue weighted by molar-refractivity contribution is 5.94. The molecule has 0 radical (unpaired) electrons. The maximum absolute atomic E-state index is 15.2. The Balaban J connectivity index is 1.34. The zero-order valence-corrected chi connectivity index (χ0v) is 24.5. The van der Waals surface area contributed by atoms with E-state index in [-0.39, 0.29) is 30.4 Å². The molecule has 2 N–H and O–H groups in total. The van der Waals surface area contributed by atoms with Crippen LogP contribution in [0.25, 0.3) is 0 Å². The van der Waals surface area contributed by atoms with E-state index >= 15 is 8.78 Å². The Bertz CT molecular complexity index is 1510. The molecule has 6 rings (SSSR count). The largest absolute Gasteiger partial charge is 0.456 e. The van der Waals surface area contributed by atoms with Crippen LogP contribution in [-0.4, -0.2) is 41.0 Å². The van der Waals surface area contributed by atoms with Crippen molar-refractivity contribution in [2.75, 3.05) is 6.54 Å². The van der Waals surface area contributed by atoms with Crippen molar-refractivity contribution in [3.63, 3.8) is 0 Å². The fourth-order valence-electron chi connectivity index (χ4n) is 8.65. The Morgan fingerprint density at radius 1 is 0.977 bits per heavy atom. The van der Waals surface area contributed by atoms with Crippen molar-refractivity contribution in [3.05, 3.63) is 94.1 Å². The number of amides is 1. The van der Waals surface area contributed by atoms with Gasteiger partial charge in [-0.25, -0.2) is 0 Å². The molecule has 0 aromatic heterocycles. The van der Waals surface area contributed by atoms with Crippen LogP contribution in [0.5, 0.6) is 0 Å². The predicted octanol–water partition coefficient (Wildman–Crippen LogP) is 7.49. The van der Waals surface area contributed by atoms with Gasteiger partial charge in [0.15, 0.2) is 5.78 Å². The third kappa shape index (κ3) is 4.82. The van der Waals surface area contributed by atoms with E-state index < -0.39 is 41.4 Å². The summed E-state index contributed by atoms with van der Waals surface area (Å²) in [5.74, 6) is -6.92. The fourth-order valence-corrected chi connectivity index (χ4v) is 8.65. The lowest BCUT2D eigenvalue weighted by Gasteiger charge is -2.56. The number of alkyl halides is 5. The molecule has 0 spiro atoms. The summed E-state index contributed by atoms with van der Waals surface area (Å²) >= 11 is 0. The summed E-state index contributed by atoms with van der Waals surface area (Å²) in [5.41, 5.74) is 0.143. The van der Waals surface area contributed by atoms with Gasteiger partial charge in [0.1, 0.15) is 5.60 Å². The molecule has 9 heteroatoms. The van der Waals surface area contributed by atoms with Crippen molar-refractivity contribution >= 4 is 11.7 Å². The quantitative estimate of drug-likeness (QED) is 0.332. The Kier molecular flexibility index (Phi) is 7.62. The van der Waals surface area contributed by atoms with Crippen molar-refractivity contribution in [1.82, 2.24) is 5.32 Å². The zero-order chi connectivity index (χ0) is 31.5. The van der Waals surface area contributed by atoms with Gasteiger partial charge in [0.05, 0.1) is 0 Å². The van der Waals surface area contributed by atoms with Crippen LogP contribution >= 0.6 is 0 Å². The van der Waals surface area contributed by atoms with E-state index in [0.29, 0.717) is 49.8 Å². The molecule has 4 aliphatic rings. The number of carbonyl (C=O) groups is 2. The summed E-state index contributed by atoms with van der Waals surface area (Å²) in [5, 5.41) is 14.3. The number of ketones is 1. The number of halogens is 5. The van der Waals surface area contributed by atoms with Crippen LogP contribution in [-0.2, 0) is 11.2 Å². The standard InChI is InChI=1S/C35H36F5NO3/c1-32-20-28(22-7-9-23(10-8-22)31(43)41-18-16-21-5-3-2-4-6-21)30-26-14-12-25(42)19-24(26)11-13-27(30)29(32)15-17-33(32,44)34(36,37)35(38,39)40/h2-10,19,27-29,44H,11-18,20H2,1H3,(H,41,43)/t27?,28-,29?,32+,33-/m1/s1. The summed E-state index contributed by atoms with van der Waals surface area (Å²) < 4.78 is 71.7. The van der Waals surface area contributed by atoms with Gasteiger partial charge in [0.2, 0.25) is 0 Å². The molecule has 2 saturated carbocycles. The Morgan fingerprint density at radius 2 is 1.68 bits per heavy atom. The van der Waals surface area contributed by atoms with E-state index in [2.05, 4.69) is 5.32 Å². The molecule has 2 unspecified atom stereocenters. The molecular formula is C35H36F5NO3. The fraction of sp³-hybridized carbons (Fsp3) is 0.486. The van der Waals surface area contributed by atoms with Crippen molar-refractivity contribution in [1.29, 1.82) is 0 Å². The second kappa shape index (κ2) is 10.9. The van der Waals surface area contributed by atoms with E-state index in [9.17, 15) is 27.9 Å². The smallest absolute Gasteiger partial charge is 0.383 e. The van der Waals surface area contributed by atoms with Crippen LogP contribution in [0.15, 0.2) is 77.4 Å². The van der Waals surface area contributed by atoms with Gasteiger partial charge in [-0.05, 0) is 97.3 Å². The maximum Gasteiger partial charge on any atom is 0.456 e. The summed E-state index contributed by atoms with van der Waals surface area (Å²) in [6.07, 6.45) is -2.37. The minimum absolute atomic E-state index is 0.0303. The van der Waals surface area contributed by atoms with Crippen LogP contribution in [0.3, 0.4) is 0 Å². The number of hydrogen-bond acceptors (Lipinski definition) is 3. The normalized spacial score (nSPS) is 30.3. The second-order valence-electron chi connectivity index (χ2n) is 13.1. The molecular weight excluding hydrogens is 577 g/mol. The Labute approximate surface area is 253 Å². The van der Waals surface area contributed by atoms with Crippen LogP contribution in [0, 0.1) is 17.3 Å². The van der Waals surface area contributed by atoms with E-state index in [1.807, 2.05) is 30.3 Å². The molecule has 234 valence electrons. The van der Waals surface area contributed by atoms with E-state index in [1.165, 1.54) is 6.92 Å². The monoisotopic (exact) mass is 613 g/mol. The van der Waals surface area contributed by atoms with Gasteiger partial charge < -0.3 is 10.4 Å². The van der Waals surface area contributed by atoms with Crippen molar-refractivity contribution < 1.29 is 36.6 Å². The molecule has 0 bridgehead atoms. The first kappa shape index (κ1) is 30.7. The highest BCUT2D eigenvalue weighted by Crippen LogP contribution is 2.70. The Hall–Kier alpha value is -3.33. The average molecular weight is 614 g/mol. The Morgan fingerprint density at radius 3 is 2.36 bits per heavy atom. The van der Waals surface area contributed by atoms with Gasteiger partial charge in [-0.2, -0.15) is 22.0 Å². The van der Waals surface area contributed by atoms with Crippen molar-refractivity contribution in [3.8, 4) is 0 Å². The summed E-state index contributed by atoms with van der Waals surface area (Å²) in [4.78, 5) is 25.1. The molecule has 4 nitrogen and oxygen atoms in total. The third-order valence-electron chi connectivity index (χ3n) is 10.9. The number of aliphatic hydroxyl groups is 1. The molecule has 4 aliphatic carbocycles. The van der Waals surface area contributed by atoms with Gasteiger partial charge >= 0.3 is 12.1 Å². The first-order chi connectivity index (χ1) is 20.8. The van der Waals surface area contributed by atoms with Crippen LogP contribution in [0.1, 0.15) is 79.3 Å². The predicted molar refractivity (Wildman–Crippen MR) is 155 cm³/mol. The molecule has 2 fully saturated rings. The third-order valence-corrected chi connectivity index (χ3v) is 10.9. The minimum atomic E-state index is -5.89. The van der Waals surface area contributed by atoms with Gasteiger partial charge in [-0.15, -0.1) is 0 Å². The molecule has 5 atom stereocenters. The number of rotatable bonds is 6. The lowest BCUT2D eigenvalue weighted by molar-refractivity contribution is -0.362. The topological polar surface area (TPSA) is 66.4 Å². The maximum atomic E-state index is 15.2. The van der Waals surface area contributed by atoms with E-state index in [0.717, 1.165) is 22.3 Å². The minimum Gasteiger partial charge on any atom is -0.383 e. The SMILES string of the molecule is C[C@]12C[C@H](c3ccc(C(=O)NCCc4ccccc4)cc3)C3=C4CCC(=O)C=C4CCC3C1CC[C@]2(O)C(F)(F)C(F)(F)F. The van der Waals surface area contributed by atoms with Crippen LogP contribution in [0.4, 0.5) is 22.0 Å². The molecule has 2 aromatic carbocycles. The van der Waals surface area contributed by atoms with Gasteiger partial charge in [0, 0.05) is 29.9 Å².